The predicted molar refractivity (Wildman–Crippen MR) is 84.9 cm³/mol. The molecular formula is C17H31N3. The summed E-state index contributed by atoms with van der Waals surface area (Å²) in [6.07, 6.45) is 15.1. The zero-order chi connectivity index (χ0) is 14.2. The lowest BCUT2D eigenvalue weighted by molar-refractivity contribution is 0.312. The van der Waals surface area contributed by atoms with Gasteiger partial charge in [-0.2, -0.15) is 0 Å². The van der Waals surface area contributed by atoms with Crippen molar-refractivity contribution in [2.75, 3.05) is 6.54 Å². The lowest BCUT2D eigenvalue weighted by Gasteiger charge is -2.24. The molecular weight excluding hydrogens is 246 g/mol. The molecule has 1 atom stereocenters. The smallest absolute Gasteiger partial charge is 0.110 e. The van der Waals surface area contributed by atoms with E-state index < -0.39 is 0 Å². The summed E-state index contributed by atoms with van der Waals surface area (Å²) < 4.78 is 2.27. The van der Waals surface area contributed by atoms with E-state index in [1.54, 1.807) is 0 Å². The SMILES string of the molecule is CCNC(CCC1CCCCC1)Cc1nccn1CC. The highest BCUT2D eigenvalue weighted by atomic mass is 15.1. The van der Waals surface area contributed by atoms with Crippen LogP contribution in [-0.4, -0.2) is 22.1 Å². The Morgan fingerprint density at radius 3 is 2.80 bits per heavy atom. The van der Waals surface area contributed by atoms with Crippen molar-refractivity contribution >= 4 is 0 Å². The van der Waals surface area contributed by atoms with E-state index >= 15 is 0 Å². The van der Waals surface area contributed by atoms with Gasteiger partial charge in [-0.1, -0.05) is 39.0 Å². The van der Waals surface area contributed by atoms with Gasteiger partial charge in [0.2, 0.25) is 0 Å². The molecule has 3 heteroatoms. The van der Waals surface area contributed by atoms with Gasteiger partial charge in [0.1, 0.15) is 5.82 Å². The summed E-state index contributed by atoms with van der Waals surface area (Å²) >= 11 is 0. The normalized spacial score (nSPS) is 18.3. The number of hydrogen-bond donors (Lipinski definition) is 1. The monoisotopic (exact) mass is 277 g/mol. The first-order valence-electron chi connectivity index (χ1n) is 8.56. The molecule has 3 nitrogen and oxygen atoms in total. The van der Waals surface area contributed by atoms with Gasteiger partial charge in [-0.15, -0.1) is 0 Å². The van der Waals surface area contributed by atoms with Crippen LogP contribution in [0, 0.1) is 5.92 Å². The van der Waals surface area contributed by atoms with Gasteiger partial charge in [-0.3, -0.25) is 0 Å². The van der Waals surface area contributed by atoms with Crippen LogP contribution in [-0.2, 0) is 13.0 Å². The maximum atomic E-state index is 4.53. The second kappa shape index (κ2) is 8.46. The molecule has 1 unspecified atom stereocenters. The second-order valence-electron chi connectivity index (χ2n) is 6.17. The number of imidazole rings is 1. The van der Waals surface area contributed by atoms with Crippen molar-refractivity contribution in [2.24, 2.45) is 5.92 Å². The lowest BCUT2D eigenvalue weighted by Crippen LogP contribution is -2.32. The minimum atomic E-state index is 0.592. The molecule has 0 radical (unpaired) electrons. The van der Waals surface area contributed by atoms with Crippen molar-refractivity contribution in [2.45, 2.75) is 77.8 Å². The Morgan fingerprint density at radius 2 is 2.10 bits per heavy atom. The Balaban J connectivity index is 1.83. The van der Waals surface area contributed by atoms with Crippen LogP contribution in [0.1, 0.15) is 64.6 Å². The van der Waals surface area contributed by atoms with Crippen LogP contribution in [0.2, 0.25) is 0 Å². The summed E-state index contributed by atoms with van der Waals surface area (Å²) in [5, 5.41) is 3.66. The standard InChI is InChI=1S/C17H31N3/c1-3-18-16(11-10-15-8-6-5-7-9-15)14-17-19-12-13-20(17)4-2/h12-13,15-16,18H,3-11,14H2,1-2H3. The fraction of sp³-hybridized carbons (Fsp3) is 0.824. The van der Waals surface area contributed by atoms with Crippen molar-refractivity contribution in [1.82, 2.24) is 14.9 Å². The van der Waals surface area contributed by atoms with E-state index in [1.807, 2.05) is 6.20 Å². The van der Waals surface area contributed by atoms with Crippen LogP contribution in [0.15, 0.2) is 12.4 Å². The van der Waals surface area contributed by atoms with Crippen molar-refractivity contribution in [1.29, 1.82) is 0 Å². The van der Waals surface area contributed by atoms with E-state index in [2.05, 4.69) is 34.9 Å². The summed E-state index contributed by atoms with van der Waals surface area (Å²) in [7, 11) is 0. The highest BCUT2D eigenvalue weighted by Gasteiger charge is 2.17. The summed E-state index contributed by atoms with van der Waals surface area (Å²) in [4.78, 5) is 4.53. The molecule has 1 N–H and O–H groups in total. The van der Waals surface area contributed by atoms with Gasteiger partial charge < -0.3 is 9.88 Å². The summed E-state index contributed by atoms with van der Waals surface area (Å²) in [5.41, 5.74) is 0. The van der Waals surface area contributed by atoms with Gasteiger partial charge in [0.25, 0.3) is 0 Å². The fourth-order valence-corrected chi connectivity index (χ4v) is 3.52. The van der Waals surface area contributed by atoms with Crippen LogP contribution in [0.4, 0.5) is 0 Å². The number of nitrogens with zero attached hydrogens (tertiary/aromatic N) is 2. The van der Waals surface area contributed by atoms with Gasteiger partial charge in [-0.05, 0) is 32.2 Å². The van der Waals surface area contributed by atoms with E-state index in [-0.39, 0.29) is 0 Å². The maximum absolute atomic E-state index is 4.53. The van der Waals surface area contributed by atoms with E-state index in [9.17, 15) is 0 Å². The van der Waals surface area contributed by atoms with Crippen molar-refractivity contribution in [3.63, 3.8) is 0 Å². The molecule has 0 amide bonds. The molecule has 0 aliphatic heterocycles. The molecule has 1 saturated carbocycles. The van der Waals surface area contributed by atoms with Crippen molar-refractivity contribution in [3.8, 4) is 0 Å². The number of aryl methyl sites for hydroxylation is 1. The van der Waals surface area contributed by atoms with E-state index in [0.717, 1.165) is 25.4 Å². The first-order chi connectivity index (χ1) is 9.83. The van der Waals surface area contributed by atoms with Crippen molar-refractivity contribution < 1.29 is 0 Å². The molecule has 1 heterocycles. The molecule has 2 rings (SSSR count). The van der Waals surface area contributed by atoms with Crippen LogP contribution in [0.5, 0.6) is 0 Å². The van der Waals surface area contributed by atoms with E-state index in [1.165, 1.54) is 50.8 Å². The zero-order valence-electron chi connectivity index (χ0n) is 13.3. The molecule has 114 valence electrons. The summed E-state index contributed by atoms with van der Waals surface area (Å²) in [6, 6.07) is 0.592. The average molecular weight is 277 g/mol. The van der Waals surface area contributed by atoms with E-state index in [4.69, 9.17) is 0 Å². The highest BCUT2D eigenvalue weighted by molar-refractivity contribution is 4.95. The Bertz CT molecular complexity index is 366. The molecule has 0 aromatic carbocycles. The predicted octanol–water partition coefficient (Wildman–Crippen LogP) is 3.78. The third-order valence-corrected chi connectivity index (χ3v) is 4.71. The molecule has 1 aromatic rings. The van der Waals surface area contributed by atoms with Gasteiger partial charge in [0, 0.05) is 31.4 Å². The molecule has 0 saturated heterocycles. The molecule has 1 aromatic heterocycles. The Kier molecular flexibility index (Phi) is 6.58. The van der Waals surface area contributed by atoms with Crippen LogP contribution in [0.3, 0.4) is 0 Å². The molecule has 20 heavy (non-hydrogen) atoms. The molecule has 1 aliphatic rings. The first-order valence-corrected chi connectivity index (χ1v) is 8.56. The van der Waals surface area contributed by atoms with Gasteiger partial charge in [0.05, 0.1) is 0 Å². The summed E-state index contributed by atoms with van der Waals surface area (Å²) in [5.74, 6) is 2.22. The number of likely N-dealkylation sites (N-methyl/N-ethyl adjacent to an activating group) is 1. The number of aromatic nitrogens is 2. The lowest BCUT2D eigenvalue weighted by atomic mass is 9.85. The molecule has 1 aliphatic carbocycles. The first kappa shape index (κ1) is 15.6. The van der Waals surface area contributed by atoms with E-state index in [0.29, 0.717) is 6.04 Å². The Labute approximate surface area is 124 Å². The highest BCUT2D eigenvalue weighted by Crippen LogP contribution is 2.28. The molecule has 0 spiro atoms. The minimum absolute atomic E-state index is 0.592. The van der Waals surface area contributed by atoms with Crippen LogP contribution < -0.4 is 5.32 Å². The van der Waals surface area contributed by atoms with Crippen LogP contribution >= 0.6 is 0 Å². The number of nitrogens with one attached hydrogen (secondary N) is 1. The quantitative estimate of drug-likeness (QED) is 0.783. The summed E-state index contributed by atoms with van der Waals surface area (Å²) in [6.45, 7) is 6.48. The second-order valence-corrected chi connectivity index (χ2v) is 6.17. The van der Waals surface area contributed by atoms with Gasteiger partial charge >= 0.3 is 0 Å². The molecule has 1 fully saturated rings. The average Bonchev–Trinajstić information content (AvgIpc) is 2.93. The fourth-order valence-electron chi connectivity index (χ4n) is 3.52. The minimum Gasteiger partial charge on any atom is -0.335 e. The third-order valence-electron chi connectivity index (χ3n) is 4.71. The number of rotatable bonds is 8. The maximum Gasteiger partial charge on any atom is 0.110 e. The van der Waals surface area contributed by atoms with Gasteiger partial charge in [-0.25, -0.2) is 4.98 Å². The number of hydrogen-bond acceptors (Lipinski definition) is 2. The van der Waals surface area contributed by atoms with Crippen molar-refractivity contribution in [3.05, 3.63) is 18.2 Å². The molecule has 0 bridgehead atoms. The largest absolute Gasteiger partial charge is 0.335 e. The Hall–Kier alpha value is -0.830. The van der Waals surface area contributed by atoms with Crippen LogP contribution in [0.25, 0.3) is 0 Å². The third kappa shape index (κ3) is 4.62. The Morgan fingerprint density at radius 1 is 1.30 bits per heavy atom. The topological polar surface area (TPSA) is 29.9 Å². The zero-order valence-corrected chi connectivity index (χ0v) is 13.3. The van der Waals surface area contributed by atoms with Gasteiger partial charge in [0.15, 0.2) is 0 Å².